The number of hydrogen-bond acceptors (Lipinski definition) is 1. The Morgan fingerprint density at radius 1 is 1.32 bits per heavy atom. The molecule has 0 saturated carbocycles. The average molecular weight is 287 g/mol. The van der Waals surface area contributed by atoms with Gasteiger partial charge in [-0.1, -0.05) is 20.3 Å². The largest absolute Gasteiger partial charge is 0.324 e. The van der Waals surface area contributed by atoms with Gasteiger partial charge in [0.25, 0.3) is 0 Å². The van der Waals surface area contributed by atoms with E-state index in [9.17, 15) is 8.78 Å². The molecular formula is C14H17ClF2N2. The van der Waals surface area contributed by atoms with Gasteiger partial charge in [0.1, 0.15) is 17.2 Å². The molecule has 2 rings (SSSR count). The van der Waals surface area contributed by atoms with Crippen molar-refractivity contribution < 1.29 is 8.78 Å². The molecule has 2 aromatic rings. The number of rotatable bonds is 4. The number of nitrogens with zero attached hydrogens (tertiary/aromatic N) is 2. The van der Waals surface area contributed by atoms with Crippen molar-refractivity contribution in [3.63, 3.8) is 0 Å². The van der Waals surface area contributed by atoms with Crippen LogP contribution in [-0.2, 0) is 5.88 Å². The predicted octanol–water partition coefficient (Wildman–Crippen LogP) is 4.66. The first-order valence-corrected chi connectivity index (χ1v) is 6.94. The summed E-state index contributed by atoms with van der Waals surface area (Å²) in [7, 11) is 0. The lowest BCUT2D eigenvalue weighted by Gasteiger charge is -2.22. The third-order valence-electron chi connectivity index (χ3n) is 3.78. The average Bonchev–Trinajstić information content (AvgIpc) is 2.75. The van der Waals surface area contributed by atoms with Crippen LogP contribution < -0.4 is 0 Å². The lowest BCUT2D eigenvalue weighted by molar-refractivity contribution is 0.371. The first-order chi connectivity index (χ1) is 8.99. The van der Waals surface area contributed by atoms with Crippen molar-refractivity contribution in [3.8, 4) is 0 Å². The normalized spacial score (nSPS) is 14.8. The number of alkyl halides is 1. The number of hydrogen-bond donors (Lipinski definition) is 0. The number of imidazole rings is 1. The third kappa shape index (κ3) is 2.46. The van der Waals surface area contributed by atoms with Crippen molar-refractivity contribution >= 4 is 22.6 Å². The molecule has 2 atom stereocenters. The molecule has 0 aliphatic heterocycles. The van der Waals surface area contributed by atoms with E-state index in [4.69, 9.17) is 11.6 Å². The molecule has 0 spiro atoms. The fourth-order valence-corrected chi connectivity index (χ4v) is 2.50. The Bertz CT molecular complexity index is 595. The summed E-state index contributed by atoms with van der Waals surface area (Å²) in [4.78, 5) is 4.20. The summed E-state index contributed by atoms with van der Waals surface area (Å²) < 4.78 is 29.0. The smallest absolute Gasteiger partial charge is 0.153 e. The molecular weight excluding hydrogens is 270 g/mol. The van der Waals surface area contributed by atoms with Gasteiger partial charge in [-0.15, -0.1) is 11.6 Å². The molecule has 0 saturated heterocycles. The van der Waals surface area contributed by atoms with Crippen molar-refractivity contribution in [1.82, 2.24) is 9.55 Å². The van der Waals surface area contributed by atoms with Gasteiger partial charge in [-0.05, 0) is 18.9 Å². The molecule has 0 amide bonds. The van der Waals surface area contributed by atoms with E-state index < -0.39 is 11.6 Å². The fourth-order valence-electron chi connectivity index (χ4n) is 2.31. The topological polar surface area (TPSA) is 17.8 Å². The number of aromatic nitrogens is 2. The van der Waals surface area contributed by atoms with Gasteiger partial charge in [0.15, 0.2) is 5.82 Å². The van der Waals surface area contributed by atoms with Gasteiger partial charge in [-0.2, -0.15) is 0 Å². The van der Waals surface area contributed by atoms with Crippen molar-refractivity contribution in [2.24, 2.45) is 5.92 Å². The standard InChI is InChI=1S/C14H17ClF2N2/c1-4-8(2)9(3)19-12-6-10(16)5-11(17)14(12)18-13(19)7-15/h5-6,8-9H,4,7H2,1-3H3. The quantitative estimate of drug-likeness (QED) is 0.748. The predicted molar refractivity (Wildman–Crippen MR) is 73.4 cm³/mol. The van der Waals surface area contributed by atoms with Crippen molar-refractivity contribution in [3.05, 3.63) is 29.6 Å². The van der Waals surface area contributed by atoms with Crippen molar-refractivity contribution in [2.75, 3.05) is 0 Å². The van der Waals surface area contributed by atoms with Crippen molar-refractivity contribution in [2.45, 2.75) is 39.1 Å². The Kier molecular flexibility index (Phi) is 4.09. The van der Waals surface area contributed by atoms with E-state index in [0.29, 0.717) is 17.3 Å². The minimum absolute atomic E-state index is 0.0879. The fraction of sp³-hybridized carbons (Fsp3) is 0.500. The molecule has 5 heteroatoms. The van der Waals surface area contributed by atoms with Crippen LogP contribution in [0.15, 0.2) is 12.1 Å². The molecule has 0 N–H and O–H groups in total. The summed E-state index contributed by atoms with van der Waals surface area (Å²) in [5.74, 6) is -0.115. The Morgan fingerprint density at radius 2 is 2.00 bits per heavy atom. The van der Waals surface area contributed by atoms with Crippen LogP contribution in [0.2, 0.25) is 0 Å². The van der Waals surface area contributed by atoms with Crippen LogP contribution in [0, 0.1) is 17.6 Å². The molecule has 0 aliphatic carbocycles. The van der Waals surface area contributed by atoms with E-state index >= 15 is 0 Å². The second-order valence-corrected chi connectivity index (χ2v) is 5.18. The summed E-state index contributed by atoms with van der Waals surface area (Å²) in [6.07, 6.45) is 0.973. The number of halogens is 3. The van der Waals surface area contributed by atoms with E-state index in [2.05, 4.69) is 18.8 Å². The van der Waals surface area contributed by atoms with Gasteiger partial charge in [0.05, 0.1) is 11.4 Å². The molecule has 1 aromatic carbocycles. The third-order valence-corrected chi connectivity index (χ3v) is 4.02. The van der Waals surface area contributed by atoms with E-state index in [1.807, 2.05) is 11.5 Å². The monoisotopic (exact) mass is 286 g/mol. The van der Waals surface area contributed by atoms with E-state index in [1.165, 1.54) is 6.07 Å². The Balaban J connectivity index is 2.70. The van der Waals surface area contributed by atoms with Gasteiger partial charge in [-0.3, -0.25) is 0 Å². The maximum atomic E-state index is 13.8. The number of benzene rings is 1. The zero-order valence-electron chi connectivity index (χ0n) is 11.3. The second-order valence-electron chi connectivity index (χ2n) is 4.91. The molecule has 2 nitrogen and oxygen atoms in total. The lowest BCUT2D eigenvalue weighted by Crippen LogP contribution is -2.15. The summed E-state index contributed by atoms with van der Waals surface area (Å²) in [6, 6.07) is 2.26. The maximum absolute atomic E-state index is 13.8. The highest BCUT2D eigenvalue weighted by Crippen LogP contribution is 2.29. The van der Waals surface area contributed by atoms with Gasteiger partial charge >= 0.3 is 0 Å². The molecule has 0 radical (unpaired) electrons. The highest BCUT2D eigenvalue weighted by molar-refractivity contribution is 6.16. The Hall–Kier alpha value is -1.16. The van der Waals surface area contributed by atoms with Crippen LogP contribution in [0.5, 0.6) is 0 Å². The van der Waals surface area contributed by atoms with Gasteiger partial charge < -0.3 is 4.57 Å². The van der Waals surface area contributed by atoms with Crippen LogP contribution in [0.4, 0.5) is 8.78 Å². The first kappa shape index (κ1) is 14.3. The summed E-state index contributed by atoms with van der Waals surface area (Å²) >= 11 is 5.89. The van der Waals surface area contributed by atoms with Crippen LogP contribution in [0.1, 0.15) is 39.1 Å². The Morgan fingerprint density at radius 3 is 2.58 bits per heavy atom. The molecule has 0 fully saturated rings. The summed E-state index contributed by atoms with van der Waals surface area (Å²) in [6.45, 7) is 6.21. The Labute approximate surface area is 116 Å². The van der Waals surface area contributed by atoms with Crippen LogP contribution in [0.3, 0.4) is 0 Å². The van der Waals surface area contributed by atoms with Gasteiger partial charge in [0.2, 0.25) is 0 Å². The van der Waals surface area contributed by atoms with E-state index in [0.717, 1.165) is 12.5 Å². The van der Waals surface area contributed by atoms with Crippen LogP contribution in [-0.4, -0.2) is 9.55 Å². The molecule has 1 heterocycles. The highest BCUT2D eigenvalue weighted by Gasteiger charge is 2.21. The second kappa shape index (κ2) is 5.45. The summed E-state index contributed by atoms with van der Waals surface area (Å²) in [5.41, 5.74) is 0.660. The first-order valence-electron chi connectivity index (χ1n) is 6.41. The molecule has 19 heavy (non-hydrogen) atoms. The van der Waals surface area contributed by atoms with Crippen LogP contribution in [0.25, 0.3) is 11.0 Å². The van der Waals surface area contributed by atoms with Gasteiger partial charge in [0, 0.05) is 12.1 Å². The molecule has 0 bridgehead atoms. The zero-order chi connectivity index (χ0) is 14.2. The maximum Gasteiger partial charge on any atom is 0.153 e. The van der Waals surface area contributed by atoms with Crippen molar-refractivity contribution in [1.29, 1.82) is 0 Å². The minimum Gasteiger partial charge on any atom is -0.324 e. The summed E-state index contributed by atoms with van der Waals surface area (Å²) in [5, 5.41) is 0. The highest BCUT2D eigenvalue weighted by atomic mass is 35.5. The lowest BCUT2D eigenvalue weighted by atomic mass is 10.0. The van der Waals surface area contributed by atoms with Gasteiger partial charge in [-0.25, -0.2) is 13.8 Å². The SMILES string of the molecule is CCC(C)C(C)n1c(CCl)nc2c(F)cc(F)cc21. The molecule has 0 aliphatic rings. The number of fused-ring (bicyclic) bond motifs is 1. The van der Waals surface area contributed by atoms with Crippen LogP contribution >= 0.6 is 11.6 Å². The minimum atomic E-state index is -0.642. The zero-order valence-corrected chi connectivity index (χ0v) is 12.0. The van der Waals surface area contributed by atoms with E-state index in [1.54, 1.807) is 0 Å². The van der Waals surface area contributed by atoms with E-state index in [-0.39, 0.29) is 17.4 Å². The molecule has 2 unspecified atom stereocenters. The molecule has 1 aromatic heterocycles. The molecule has 104 valence electrons.